The number of hydrogen-bond acceptors (Lipinski definition) is 4. The fourth-order valence-corrected chi connectivity index (χ4v) is 2.91. The molecule has 0 unspecified atom stereocenters. The lowest BCUT2D eigenvalue weighted by atomic mass is 10.0. The summed E-state index contributed by atoms with van der Waals surface area (Å²) in [7, 11) is 0. The Morgan fingerprint density at radius 3 is 0.958 bits per heavy atom. The molecule has 0 aliphatic rings. The van der Waals surface area contributed by atoms with Crippen LogP contribution in [0.25, 0.3) is 0 Å². The Morgan fingerprint density at radius 1 is 0.417 bits per heavy atom. The summed E-state index contributed by atoms with van der Waals surface area (Å²) in [6.07, 6.45) is 16.6. The highest BCUT2D eigenvalue weighted by Crippen LogP contribution is 2.13. The summed E-state index contributed by atoms with van der Waals surface area (Å²) >= 11 is 0. The van der Waals surface area contributed by atoms with E-state index < -0.39 is 0 Å². The molecule has 0 bridgehead atoms. The van der Waals surface area contributed by atoms with Crippen molar-refractivity contribution in [2.75, 3.05) is 13.1 Å². The maximum absolute atomic E-state index is 11.5. The third-order valence-electron chi connectivity index (χ3n) is 4.48. The topological polar surface area (TPSA) is 86.2 Å². The number of rotatable bonds is 19. The summed E-state index contributed by atoms with van der Waals surface area (Å²) in [6.45, 7) is 1.24. The molecular weight excluding hydrogens is 300 g/mol. The molecule has 0 heterocycles. The van der Waals surface area contributed by atoms with Gasteiger partial charge in [0.1, 0.15) is 11.6 Å². The quantitative estimate of drug-likeness (QED) is 0.344. The molecular formula is C20H40N2O2. The van der Waals surface area contributed by atoms with E-state index in [1.807, 2.05) is 0 Å². The molecule has 0 atom stereocenters. The predicted molar refractivity (Wildman–Crippen MR) is 102 cm³/mol. The summed E-state index contributed by atoms with van der Waals surface area (Å²) in [5.41, 5.74) is 10.8. The maximum atomic E-state index is 11.5. The van der Waals surface area contributed by atoms with Gasteiger partial charge in [0, 0.05) is 25.7 Å². The van der Waals surface area contributed by atoms with Gasteiger partial charge < -0.3 is 11.5 Å². The Balaban J connectivity index is 3.15. The van der Waals surface area contributed by atoms with E-state index in [9.17, 15) is 9.59 Å². The van der Waals surface area contributed by atoms with Crippen molar-refractivity contribution in [3.63, 3.8) is 0 Å². The van der Waals surface area contributed by atoms with E-state index in [0.29, 0.717) is 37.5 Å². The number of carbonyl (C=O) groups excluding carboxylic acids is 2. The zero-order chi connectivity index (χ0) is 17.9. The van der Waals surface area contributed by atoms with Crippen molar-refractivity contribution in [1.29, 1.82) is 0 Å². The lowest BCUT2D eigenvalue weighted by Gasteiger charge is -2.03. The van der Waals surface area contributed by atoms with Crippen LogP contribution in [0.5, 0.6) is 0 Å². The second kappa shape index (κ2) is 18.6. The van der Waals surface area contributed by atoms with Gasteiger partial charge in [0.25, 0.3) is 0 Å². The third-order valence-corrected chi connectivity index (χ3v) is 4.48. The molecule has 0 amide bonds. The van der Waals surface area contributed by atoms with Gasteiger partial charge in [-0.05, 0) is 38.8 Å². The molecule has 0 radical (unpaired) electrons. The van der Waals surface area contributed by atoms with Crippen LogP contribution in [0.4, 0.5) is 0 Å². The molecule has 0 aromatic heterocycles. The molecule has 0 aliphatic heterocycles. The van der Waals surface area contributed by atoms with Crippen LogP contribution in [-0.4, -0.2) is 24.7 Å². The first-order valence-corrected chi connectivity index (χ1v) is 10.1. The number of ketones is 2. The summed E-state index contributed by atoms with van der Waals surface area (Å²) in [4.78, 5) is 22.9. The minimum atomic E-state index is 0.377. The molecule has 0 aliphatic carbocycles. The molecule has 0 rings (SSSR count). The van der Waals surface area contributed by atoms with Crippen LogP contribution >= 0.6 is 0 Å². The van der Waals surface area contributed by atoms with Gasteiger partial charge in [-0.1, -0.05) is 51.4 Å². The van der Waals surface area contributed by atoms with Gasteiger partial charge in [-0.15, -0.1) is 0 Å². The van der Waals surface area contributed by atoms with Crippen molar-refractivity contribution in [2.24, 2.45) is 11.5 Å². The Bertz CT molecular complexity index is 276. The average molecular weight is 341 g/mol. The Labute approximate surface area is 149 Å². The number of carbonyl (C=O) groups is 2. The van der Waals surface area contributed by atoms with Gasteiger partial charge in [0.05, 0.1) is 0 Å². The predicted octanol–water partition coefficient (Wildman–Crippen LogP) is 4.28. The van der Waals surface area contributed by atoms with Crippen LogP contribution < -0.4 is 11.5 Å². The van der Waals surface area contributed by atoms with E-state index >= 15 is 0 Å². The van der Waals surface area contributed by atoms with Gasteiger partial charge >= 0.3 is 0 Å². The van der Waals surface area contributed by atoms with Crippen molar-refractivity contribution in [2.45, 2.75) is 103 Å². The van der Waals surface area contributed by atoms with Crippen LogP contribution in [0.1, 0.15) is 103 Å². The standard InChI is InChI=1S/C20H40N2O2/c21-17-11-15-19(23)13-9-7-5-3-1-2-4-6-8-10-14-20(24)16-12-18-22/h1-18,21-22H2. The lowest BCUT2D eigenvalue weighted by Crippen LogP contribution is -2.04. The van der Waals surface area contributed by atoms with Gasteiger partial charge in [-0.25, -0.2) is 0 Å². The second-order valence-electron chi connectivity index (χ2n) is 6.90. The van der Waals surface area contributed by atoms with Crippen LogP contribution in [-0.2, 0) is 9.59 Å². The zero-order valence-corrected chi connectivity index (χ0v) is 15.7. The molecule has 4 heteroatoms. The molecule has 142 valence electrons. The van der Waals surface area contributed by atoms with Crippen molar-refractivity contribution in [3.8, 4) is 0 Å². The van der Waals surface area contributed by atoms with E-state index in [0.717, 1.165) is 38.5 Å². The van der Waals surface area contributed by atoms with E-state index in [-0.39, 0.29) is 0 Å². The fraction of sp³-hybridized carbons (Fsp3) is 0.900. The first kappa shape index (κ1) is 23.3. The first-order valence-electron chi connectivity index (χ1n) is 10.1. The Morgan fingerprint density at radius 2 is 0.667 bits per heavy atom. The van der Waals surface area contributed by atoms with Crippen molar-refractivity contribution < 1.29 is 9.59 Å². The number of hydrogen-bond donors (Lipinski definition) is 2. The van der Waals surface area contributed by atoms with Crippen molar-refractivity contribution in [1.82, 2.24) is 0 Å². The van der Waals surface area contributed by atoms with E-state index in [2.05, 4.69) is 0 Å². The fourth-order valence-electron chi connectivity index (χ4n) is 2.91. The molecule has 24 heavy (non-hydrogen) atoms. The molecule has 0 aromatic rings. The SMILES string of the molecule is NCCCC(=O)CCCCCCCCCCCCC(=O)CCCN. The number of nitrogens with two attached hydrogens (primary N) is 2. The molecule has 0 aromatic carbocycles. The molecule has 0 spiro atoms. The lowest BCUT2D eigenvalue weighted by molar-refractivity contribution is -0.120. The highest BCUT2D eigenvalue weighted by molar-refractivity contribution is 5.78. The highest BCUT2D eigenvalue weighted by atomic mass is 16.1. The van der Waals surface area contributed by atoms with E-state index in [1.54, 1.807) is 0 Å². The second-order valence-corrected chi connectivity index (χ2v) is 6.90. The van der Waals surface area contributed by atoms with Gasteiger partial charge in [0.15, 0.2) is 0 Å². The minimum Gasteiger partial charge on any atom is -0.330 e. The van der Waals surface area contributed by atoms with Crippen LogP contribution in [0, 0.1) is 0 Å². The summed E-state index contributed by atoms with van der Waals surface area (Å²) in [6, 6.07) is 0. The highest BCUT2D eigenvalue weighted by Gasteiger charge is 2.02. The minimum absolute atomic E-state index is 0.377. The first-order chi connectivity index (χ1) is 11.7. The average Bonchev–Trinajstić information content (AvgIpc) is 2.58. The van der Waals surface area contributed by atoms with E-state index in [4.69, 9.17) is 11.5 Å². The Hall–Kier alpha value is -0.740. The van der Waals surface area contributed by atoms with Crippen molar-refractivity contribution >= 4 is 11.6 Å². The maximum Gasteiger partial charge on any atom is 0.132 e. The van der Waals surface area contributed by atoms with E-state index in [1.165, 1.54) is 51.4 Å². The van der Waals surface area contributed by atoms with Crippen molar-refractivity contribution in [3.05, 3.63) is 0 Å². The van der Waals surface area contributed by atoms with Crippen LogP contribution in [0.15, 0.2) is 0 Å². The van der Waals surface area contributed by atoms with Gasteiger partial charge in [0.2, 0.25) is 0 Å². The third kappa shape index (κ3) is 17.6. The zero-order valence-electron chi connectivity index (χ0n) is 15.7. The molecule has 4 nitrogen and oxygen atoms in total. The number of unbranched alkanes of at least 4 members (excludes halogenated alkanes) is 9. The Kier molecular flexibility index (Phi) is 18.0. The summed E-state index contributed by atoms with van der Waals surface area (Å²) in [5.74, 6) is 0.754. The molecule has 4 N–H and O–H groups in total. The monoisotopic (exact) mass is 340 g/mol. The summed E-state index contributed by atoms with van der Waals surface area (Å²) in [5, 5.41) is 0. The van der Waals surface area contributed by atoms with Gasteiger partial charge in [-0.2, -0.15) is 0 Å². The van der Waals surface area contributed by atoms with Crippen LogP contribution in [0.3, 0.4) is 0 Å². The smallest absolute Gasteiger partial charge is 0.132 e. The largest absolute Gasteiger partial charge is 0.330 e. The normalized spacial score (nSPS) is 10.9. The molecule has 0 fully saturated rings. The molecule has 0 saturated heterocycles. The summed E-state index contributed by atoms with van der Waals surface area (Å²) < 4.78 is 0. The van der Waals surface area contributed by atoms with Crippen LogP contribution in [0.2, 0.25) is 0 Å². The number of Topliss-reactive ketones (excluding diaryl/α,β-unsaturated/α-hetero) is 2. The molecule has 0 saturated carbocycles. The van der Waals surface area contributed by atoms with Gasteiger partial charge in [-0.3, -0.25) is 9.59 Å².